The molecule has 1 amide bonds. The van der Waals surface area contributed by atoms with Crippen molar-refractivity contribution in [1.82, 2.24) is 15.6 Å². The first-order valence-electron chi connectivity index (χ1n) is 9.07. The number of ether oxygens (including phenoxy) is 1. The molecule has 0 saturated heterocycles. The largest absolute Gasteiger partial charge is 0.486 e. The Morgan fingerprint density at radius 1 is 1.21 bits per heavy atom. The number of aryl methyl sites for hydroxylation is 1. The number of hydrogen-bond donors (Lipinski definition) is 3. The number of anilines is 1. The number of carbonyl (C=O) groups excluding carboxylic acids is 1. The van der Waals surface area contributed by atoms with Gasteiger partial charge in [-0.3, -0.25) is 9.79 Å². The maximum Gasteiger partial charge on any atom is 0.227 e. The van der Waals surface area contributed by atoms with Gasteiger partial charge in [-0.15, -0.1) is 24.0 Å². The van der Waals surface area contributed by atoms with Crippen LogP contribution >= 0.6 is 24.0 Å². The third-order valence-corrected chi connectivity index (χ3v) is 3.75. The van der Waals surface area contributed by atoms with E-state index in [2.05, 4.69) is 25.9 Å². The number of hydrogen-bond acceptors (Lipinski definition) is 4. The summed E-state index contributed by atoms with van der Waals surface area (Å²) in [6.45, 7) is 4.52. The normalized spacial score (nSPS) is 11.8. The van der Waals surface area contributed by atoms with Crippen molar-refractivity contribution in [2.24, 2.45) is 4.99 Å². The number of amides is 1. The molecule has 29 heavy (non-hydrogen) atoms. The second kappa shape index (κ2) is 12.9. The highest BCUT2D eigenvalue weighted by molar-refractivity contribution is 14.0. The summed E-state index contributed by atoms with van der Waals surface area (Å²) < 4.78 is 19.2. The molecule has 0 spiro atoms. The lowest BCUT2D eigenvalue weighted by Crippen LogP contribution is -2.42. The predicted octanol–water partition coefficient (Wildman–Crippen LogP) is 3.11. The quantitative estimate of drug-likeness (QED) is 0.286. The number of nitrogens with one attached hydrogen (secondary N) is 3. The predicted molar refractivity (Wildman–Crippen MR) is 123 cm³/mol. The molecule has 2 aromatic rings. The van der Waals surface area contributed by atoms with Crippen molar-refractivity contribution in [3.63, 3.8) is 0 Å². The second-order valence-corrected chi connectivity index (χ2v) is 6.20. The Kier molecular flexibility index (Phi) is 11.0. The molecule has 0 aliphatic carbocycles. The van der Waals surface area contributed by atoms with Crippen LogP contribution in [-0.4, -0.2) is 43.1 Å². The van der Waals surface area contributed by atoms with Crippen LogP contribution in [0.15, 0.2) is 47.5 Å². The molecule has 9 heteroatoms. The van der Waals surface area contributed by atoms with Gasteiger partial charge in [0.15, 0.2) is 17.5 Å². The van der Waals surface area contributed by atoms with Gasteiger partial charge in [0.05, 0.1) is 6.54 Å². The molecule has 1 aromatic carbocycles. The Labute approximate surface area is 187 Å². The molecule has 2 rings (SSSR count). The summed E-state index contributed by atoms with van der Waals surface area (Å²) in [6, 6.07) is 11.7. The summed E-state index contributed by atoms with van der Waals surface area (Å²) in [5.41, 5.74) is 0.840. The molecule has 7 nitrogen and oxygen atoms in total. The van der Waals surface area contributed by atoms with Crippen LogP contribution in [0.3, 0.4) is 0 Å². The molecule has 0 fully saturated rings. The lowest BCUT2D eigenvalue weighted by molar-refractivity contribution is -0.116. The van der Waals surface area contributed by atoms with Gasteiger partial charge >= 0.3 is 0 Å². The molecule has 158 valence electrons. The minimum absolute atomic E-state index is 0. The highest BCUT2D eigenvalue weighted by Crippen LogP contribution is 2.16. The molecule has 0 aliphatic rings. The molecular weight excluding hydrogens is 488 g/mol. The Balaban J connectivity index is 0.00000420. The third kappa shape index (κ3) is 9.07. The van der Waals surface area contributed by atoms with E-state index in [1.807, 2.05) is 26.0 Å². The number of carbonyl (C=O) groups is 1. The van der Waals surface area contributed by atoms with E-state index < -0.39 is 5.82 Å². The Bertz CT molecular complexity index is 819. The number of rotatable bonds is 8. The zero-order chi connectivity index (χ0) is 20.4. The standard InChI is InChI=1S/C20H26FN5O2.HI/c1-14-7-6-10-18(25-14)26-19(27)11-12-23-20(22-3)24-13-15(2)28-17-9-5-4-8-16(17)21;/h4-10,15H,11-13H2,1-3H3,(H2,22,23,24)(H,25,26,27);1H. The highest BCUT2D eigenvalue weighted by atomic mass is 127. The Morgan fingerprint density at radius 2 is 1.97 bits per heavy atom. The van der Waals surface area contributed by atoms with Gasteiger partial charge in [-0.1, -0.05) is 18.2 Å². The Morgan fingerprint density at radius 3 is 2.66 bits per heavy atom. The van der Waals surface area contributed by atoms with E-state index in [1.165, 1.54) is 6.07 Å². The number of aromatic nitrogens is 1. The van der Waals surface area contributed by atoms with E-state index in [0.717, 1.165) is 5.69 Å². The lowest BCUT2D eigenvalue weighted by atomic mass is 10.3. The molecule has 3 N–H and O–H groups in total. The highest BCUT2D eigenvalue weighted by Gasteiger charge is 2.09. The van der Waals surface area contributed by atoms with Crippen molar-refractivity contribution in [2.45, 2.75) is 26.4 Å². The van der Waals surface area contributed by atoms with Crippen LogP contribution in [-0.2, 0) is 4.79 Å². The summed E-state index contributed by atoms with van der Waals surface area (Å²) in [7, 11) is 1.63. The molecule has 1 aromatic heterocycles. The summed E-state index contributed by atoms with van der Waals surface area (Å²) >= 11 is 0. The monoisotopic (exact) mass is 515 g/mol. The summed E-state index contributed by atoms with van der Waals surface area (Å²) in [5, 5.41) is 8.89. The average molecular weight is 515 g/mol. The maximum absolute atomic E-state index is 13.6. The molecule has 0 bridgehead atoms. The van der Waals surface area contributed by atoms with Crippen molar-refractivity contribution >= 4 is 41.7 Å². The molecule has 0 aliphatic heterocycles. The van der Waals surface area contributed by atoms with Gasteiger partial charge in [-0.25, -0.2) is 9.37 Å². The van der Waals surface area contributed by atoms with Gasteiger partial charge < -0.3 is 20.7 Å². The van der Waals surface area contributed by atoms with Gasteiger partial charge in [-0.05, 0) is 38.1 Å². The SMILES string of the molecule is CN=C(NCCC(=O)Nc1cccc(C)n1)NCC(C)Oc1ccccc1F.I. The fraction of sp³-hybridized carbons (Fsp3) is 0.350. The maximum atomic E-state index is 13.6. The number of pyridine rings is 1. The van der Waals surface area contributed by atoms with Gasteiger partial charge in [0.2, 0.25) is 5.91 Å². The average Bonchev–Trinajstić information content (AvgIpc) is 2.66. The zero-order valence-corrected chi connectivity index (χ0v) is 19.1. The van der Waals surface area contributed by atoms with Crippen LogP contribution in [0.2, 0.25) is 0 Å². The first-order valence-corrected chi connectivity index (χ1v) is 9.07. The summed E-state index contributed by atoms with van der Waals surface area (Å²) in [6.07, 6.45) is -0.0106. The van der Waals surface area contributed by atoms with Crippen molar-refractivity contribution in [1.29, 1.82) is 0 Å². The molecule has 0 saturated carbocycles. The first-order chi connectivity index (χ1) is 13.5. The van der Waals surface area contributed by atoms with E-state index in [1.54, 1.807) is 31.3 Å². The van der Waals surface area contributed by atoms with Gasteiger partial charge in [0.25, 0.3) is 0 Å². The van der Waals surface area contributed by atoms with Crippen LogP contribution in [0, 0.1) is 12.7 Å². The number of para-hydroxylation sites is 1. The topological polar surface area (TPSA) is 87.6 Å². The van der Waals surface area contributed by atoms with E-state index in [4.69, 9.17) is 4.74 Å². The van der Waals surface area contributed by atoms with Gasteiger partial charge in [0.1, 0.15) is 11.9 Å². The van der Waals surface area contributed by atoms with Crippen LogP contribution in [0.1, 0.15) is 19.0 Å². The van der Waals surface area contributed by atoms with Crippen LogP contribution in [0.4, 0.5) is 10.2 Å². The third-order valence-electron chi connectivity index (χ3n) is 3.75. The molecule has 1 heterocycles. The van der Waals surface area contributed by atoms with Crippen molar-refractivity contribution in [2.75, 3.05) is 25.5 Å². The number of benzene rings is 1. The molecule has 1 atom stereocenters. The van der Waals surface area contributed by atoms with Crippen LogP contribution < -0.4 is 20.7 Å². The second-order valence-electron chi connectivity index (χ2n) is 6.20. The first kappa shape index (κ1) is 24.6. The van der Waals surface area contributed by atoms with E-state index in [9.17, 15) is 9.18 Å². The smallest absolute Gasteiger partial charge is 0.227 e. The van der Waals surface area contributed by atoms with Crippen molar-refractivity contribution in [3.8, 4) is 5.75 Å². The number of halogens is 2. The minimum atomic E-state index is -0.397. The van der Waals surface area contributed by atoms with Gasteiger partial charge in [0, 0.05) is 25.7 Å². The number of guanidine groups is 1. The lowest BCUT2D eigenvalue weighted by Gasteiger charge is -2.18. The number of nitrogens with zero attached hydrogens (tertiary/aromatic N) is 2. The zero-order valence-electron chi connectivity index (χ0n) is 16.7. The Hall–Kier alpha value is -2.43. The van der Waals surface area contributed by atoms with Crippen LogP contribution in [0.25, 0.3) is 0 Å². The molecule has 1 unspecified atom stereocenters. The van der Waals surface area contributed by atoms with E-state index in [0.29, 0.717) is 24.9 Å². The fourth-order valence-corrected chi connectivity index (χ4v) is 2.37. The molecule has 0 radical (unpaired) electrons. The van der Waals surface area contributed by atoms with Gasteiger partial charge in [-0.2, -0.15) is 0 Å². The summed E-state index contributed by atoms with van der Waals surface area (Å²) in [4.78, 5) is 20.3. The van der Waals surface area contributed by atoms with Crippen molar-refractivity contribution < 1.29 is 13.9 Å². The van der Waals surface area contributed by atoms with E-state index >= 15 is 0 Å². The summed E-state index contributed by atoms with van der Waals surface area (Å²) in [5.74, 6) is 0.738. The minimum Gasteiger partial charge on any atom is -0.486 e. The van der Waals surface area contributed by atoms with E-state index in [-0.39, 0.29) is 48.2 Å². The fourth-order valence-electron chi connectivity index (χ4n) is 2.37. The molecular formula is C20H27FIN5O2. The number of aliphatic imine (C=N–C) groups is 1. The van der Waals surface area contributed by atoms with Crippen molar-refractivity contribution in [3.05, 3.63) is 54.0 Å². The van der Waals surface area contributed by atoms with Crippen LogP contribution in [0.5, 0.6) is 5.75 Å².